The molecule has 0 aromatic heterocycles. The predicted molar refractivity (Wildman–Crippen MR) is 160 cm³/mol. The van der Waals surface area contributed by atoms with Crippen LogP contribution in [-0.4, -0.2) is 23.1 Å². The van der Waals surface area contributed by atoms with Gasteiger partial charge in [-0.05, 0) is 43.9 Å². The molecule has 0 spiro atoms. The van der Waals surface area contributed by atoms with E-state index in [1.54, 1.807) is 12.1 Å². The Morgan fingerprint density at radius 2 is 0.974 bits per heavy atom. The Bertz CT molecular complexity index is 714. The van der Waals surface area contributed by atoms with Gasteiger partial charge in [-0.2, -0.15) is 0 Å². The van der Waals surface area contributed by atoms with Gasteiger partial charge < -0.3 is 9.84 Å². The van der Waals surface area contributed by atoms with E-state index in [9.17, 15) is 14.7 Å². The quantitative estimate of drug-likeness (QED) is 0.0955. The van der Waals surface area contributed by atoms with Crippen LogP contribution in [0.2, 0.25) is 0 Å². The molecule has 0 aliphatic rings. The Balaban J connectivity index is 2.35. The summed E-state index contributed by atoms with van der Waals surface area (Å²) in [5, 5.41) is 9.25. The molecule has 0 saturated carbocycles. The van der Waals surface area contributed by atoms with Crippen LogP contribution in [0, 0.1) is 0 Å². The van der Waals surface area contributed by atoms with Gasteiger partial charge in [0.05, 0.1) is 11.1 Å². The molecule has 4 nitrogen and oxygen atoms in total. The summed E-state index contributed by atoms with van der Waals surface area (Å²) >= 11 is 0. The largest absolute Gasteiger partial charge is 0.478 e. The third-order valence-corrected chi connectivity index (χ3v) is 7.63. The molecule has 1 aromatic carbocycles. The number of carbonyl (C=O) groups is 2. The third kappa shape index (κ3) is 18.4. The Kier molecular flexibility index (Phi) is 21.8. The molecule has 218 valence electrons. The highest BCUT2D eigenvalue weighted by Gasteiger charge is 2.17. The molecule has 38 heavy (non-hydrogen) atoms. The van der Waals surface area contributed by atoms with E-state index >= 15 is 0 Å². The SMILES string of the molecule is CCCCCCCCCCCCCC(CCCCCCCCCCCC)OC(=O)c1cccc(C(=O)O)c1. The van der Waals surface area contributed by atoms with E-state index < -0.39 is 11.9 Å². The normalized spacial score (nSPS) is 11.9. The summed E-state index contributed by atoms with van der Waals surface area (Å²) in [6.45, 7) is 4.52. The number of hydrogen-bond acceptors (Lipinski definition) is 3. The van der Waals surface area contributed by atoms with Gasteiger partial charge >= 0.3 is 11.9 Å². The van der Waals surface area contributed by atoms with Crippen molar-refractivity contribution in [2.45, 2.75) is 168 Å². The monoisotopic (exact) mass is 530 g/mol. The first kappa shape index (κ1) is 34.2. The molecule has 0 radical (unpaired) electrons. The van der Waals surface area contributed by atoms with Crippen molar-refractivity contribution in [3.8, 4) is 0 Å². The summed E-state index contributed by atoms with van der Waals surface area (Å²) in [5.74, 6) is -1.42. The molecule has 0 heterocycles. The number of unbranched alkanes of at least 4 members (excludes halogenated alkanes) is 19. The smallest absolute Gasteiger partial charge is 0.338 e. The highest BCUT2D eigenvalue weighted by molar-refractivity contribution is 5.94. The number of benzene rings is 1. The van der Waals surface area contributed by atoms with Gasteiger partial charge in [-0.15, -0.1) is 0 Å². The van der Waals surface area contributed by atoms with Crippen LogP contribution in [-0.2, 0) is 4.74 Å². The number of carboxylic acid groups (broad SMARTS) is 1. The maximum absolute atomic E-state index is 12.8. The molecule has 0 aliphatic heterocycles. The van der Waals surface area contributed by atoms with Gasteiger partial charge in [-0.3, -0.25) is 0 Å². The molecule has 1 rings (SSSR count). The van der Waals surface area contributed by atoms with E-state index in [1.165, 1.54) is 134 Å². The highest BCUT2D eigenvalue weighted by Crippen LogP contribution is 2.19. The Morgan fingerprint density at radius 3 is 1.37 bits per heavy atom. The van der Waals surface area contributed by atoms with E-state index in [-0.39, 0.29) is 11.7 Å². The van der Waals surface area contributed by atoms with Crippen LogP contribution in [0.25, 0.3) is 0 Å². The molecule has 4 heteroatoms. The predicted octanol–water partition coefficient (Wildman–Crippen LogP) is 10.9. The summed E-state index contributed by atoms with van der Waals surface area (Å²) in [7, 11) is 0. The Labute approximate surface area is 234 Å². The fourth-order valence-electron chi connectivity index (χ4n) is 5.16. The van der Waals surface area contributed by atoms with Gasteiger partial charge in [0.2, 0.25) is 0 Å². The number of hydrogen-bond donors (Lipinski definition) is 1. The number of ether oxygens (including phenoxy) is 1. The molecule has 0 fully saturated rings. The first-order valence-electron chi connectivity index (χ1n) is 16.1. The van der Waals surface area contributed by atoms with Crippen LogP contribution in [0.15, 0.2) is 24.3 Å². The average Bonchev–Trinajstić information content (AvgIpc) is 2.92. The van der Waals surface area contributed by atoms with Crippen molar-refractivity contribution in [3.63, 3.8) is 0 Å². The van der Waals surface area contributed by atoms with Gasteiger partial charge in [0, 0.05) is 0 Å². The lowest BCUT2D eigenvalue weighted by molar-refractivity contribution is 0.0249. The van der Waals surface area contributed by atoms with Crippen molar-refractivity contribution >= 4 is 11.9 Å². The summed E-state index contributed by atoms with van der Waals surface area (Å²) < 4.78 is 5.91. The maximum atomic E-state index is 12.8. The zero-order valence-electron chi connectivity index (χ0n) is 24.8. The van der Waals surface area contributed by atoms with Crippen molar-refractivity contribution in [2.24, 2.45) is 0 Å². The van der Waals surface area contributed by atoms with E-state index in [0.717, 1.165) is 25.7 Å². The number of esters is 1. The van der Waals surface area contributed by atoms with Gasteiger partial charge in [0.15, 0.2) is 0 Å². The summed E-state index contributed by atoms with van der Waals surface area (Å²) in [6, 6.07) is 6.19. The molecular weight excluding hydrogens is 472 g/mol. The zero-order valence-corrected chi connectivity index (χ0v) is 24.8. The van der Waals surface area contributed by atoms with Gasteiger partial charge in [0.25, 0.3) is 0 Å². The van der Waals surface area contributed by atoms with Crippen molar-refractivity contribution < 1.29 is 19.4 Å². The number of aromatic carboxylic acids is 1. The topological polar surface area (TPSA) is 63.6 Å². The lowest BCUT2D eigenvalue weighted by atomic mass is 10.0. The van der Waals surface area contributed by atoms with Crippen LogP contribution in [0.5, 0.6) is 0 Å². The standard InChI is InChI=1S/C34H58O4/c1-3-5-7-9-11-13-15-17-19-21-23-28-32(27-22-20-18-16-14-12-10-8-6-4-2)38-34(37)31-26-24-25-30(29-31)33(35)36/h24-26,29,32H,3-23,27-28H2,1-2H3,(H,35,36). The molecule has 1 unspecified atom stereocenters. The van der Waals surface area contributed by atoms with Crippen LogP contribution in [0.3, 0.4) is 0 Å². The van der Waals surface area contributed by atoms with Crippen molar-refractivity contribution in [1.82, 2.24) is 0 Å². The highest BCUT2D eigenvalue weighted by atomic mass is 16.5. The minimum absolute atomic E-state index is 0.0800. The van der Waals surface area contributed by atoms with Gasteiger partial charge in [-0.25, -0.2) is 9.59 Å². The van der Waals surface area contributed by atoms with E-state index in [4.69, 9.17) is 4.74 Å². The average molecular weight is 531 g/mol. The lowest BCUT2D eigenvalue weighted by Gasteiger charge is -2.18. The molecule has 1 aromatic rings. The number of carboxylic acids is 1. The van der Waals surface area contributed by atoms with Crippen molar-refractivity contribution in [3.05, 3.63) is 35.4 Å². The summed E-state index contributed by atoms with van der Waals surface area (Å²) in [4.78, 5) is 24.1. The Hall–Kier alpha value is -1.84. The van der Waals surface area contributed by atoms with Crippen LogP contribution < -0.4 is 0 Å². The first-order chi connectivity index (χ1) is 18.6. The minimum atomic E-state index is -1.03. The fraction of sp³-hybridized carbons (Fsp3) is 0.765. The van der Waals surface area contributed by atoms with E-state index in [1.807, 2.05) is 0 Å². The minimum Gasteiger partial charge on any atom is -0.478 e. The Morgan fingerprint density at radius 1 is 0.605 bits per heavy atom. The second-order valence-corrected chi connectivity index (χ2v) is 11.2. The second kappa shape index (κ2) is 24.2. The van der Waals surface area contributed by atoms with Crippen LogP contribution in [0.4, 0.5) is 0 Å². The second-order valence-electron chi connectivity index (χ2n) is 11.2. The molecule has 0 bridgehead atoms. The maximum Gasteiger partial charge on any atom is 0.338 e. The molecule has 0 amide bonds. The molecular formula is C34H58O4. The molecule has 1 atom stereocenters. The van der Waals surface area contributed by atoms with Crippen LogP contribution >= 0.6 is 0 Å². The van der Waals surface area contributed by atoms with Crippen molar-refractivity contribution in [1.29, 1.82) is 0 Å². The summed E-state index contributed by atoms with van der Waals surface area (Å²) in [6.07, 6.45) is 29.0. The van der Waals surface area contributed by atoms with E-state index in [0.29, 0.717) is 5.56 Å². The first-order valence-corrected chi connectivity index (χ1v) is 16.1. The fourth-order valence-corrected chi connectivity index (χ4v) is 5.16. The third-order valence-electron chi connectivity index (χ3n) is 7.63. The van der Waals surface area contributed by atoms with Gasteiger partial charge in [-0.1, -0.05) is 142 Å². The number of carbonyl (C=O) groups excluding carboxylic acids is 1. The molecule has 0 aliphatic carbocycles. The zero-order chi connectivity index (χ0) is 27.7. The lowest BCUT2D eigenvalue weighted by Crippen LogP contribution is -2.19. The van der Waals surface area contributed by atoms with Gasteiger partial charge in [0.1, 0.15) is 6.10 Å². The molecule has 0 saturated heterocycles. The van der Waals surface area contributed by atoms with Crippen LogP contribution in [0.1, 0.15) is 182 Å². The molecule has 1 N–H and O–H groups in total. The summed E-state index contributed by atoms with van der Waals surface area (Å²) in [5.41, 5.74) is 0.452. The van der Waals surface area contributed by atoms with Crippen molar-refractivity contribution in [2.75, 3.05) is 0 Å². The van der Waals surface area contributed by atoms with E-state index in [2.05, 4.69) is 13.8 Å². The number of rotatable bonds is 26.